The lowest BCUT2D eigenvalue weighted by Crippen LogP contribution is -2.17. The fraction of sp³-hybridized carbons (Fsp3) is 0.300. The fourth-order valence-corrected chi connectivity index (χ4v) is 1.32. The number of hydrogen-bond donors (Lipinski definition) is 2. The van der Waals surface area contributed by atoms with E-state index in [1.165, 1.54) is 0 Å². The number of nitriles is 1. The van der Waals surface area contributed by atoms with Crippen LogP contribution in [0.4, 0.5) is 0 Å². The fourth-order valence-electron chi connectivity index (χ4n) is 1.12. The van der Waals surface area contributed by atoms with E-state index in [-0.39, 0.29) is 6.42 Å². The van der Waals surface area contributed by atoms with Crippen LogP contribution in [-0.2, 0) is 0 Å². The summed E-state index contributed by atoms with van der Waals surface area (Å²) >= 11 is 5.71. The second kappa shape index (κ2) is 4.97. The molecule has 2 unspecified atom stereocenters. The third kappa shape index (κ3) is 2.71. The summed E-state index contributed by atoms with van der Waals surface area (Å²) in [6.45, 7) is 0. The molecule has 2 N–H and O–H groups in total. The van der Waals surface area contributed by atoms with Crippen LogP contribution in [0, 0.1) is 11.3 Å². The van der Waals surface area contributed by atoms with E-state index in [1.54, 1.807) is 30.3 Å². The van der Waals surface area contributed by atoms with E-state index in [2.05, 4.69) is 0 Å². The van der Waals surface area contributed by atoms with Gasteiger partial charge in [0.2, 0.25) is 0 Å². The molecule has 4 heteroatoms. The zero-order valence-electron chi connectivity index (χ0n) is 7.39. The van der Waals surface area contributed by atoms with Gasteiger partial charge in [0, 0.05) is 5.02 Å². The molecule has 0 fully saturated rings. The predicted molar refractivity (Wildman–Crippen MR) is 52.6 cm³/mol. The molecule has 1 aromatic rings. The number of aliphatic hydroxyl groups is 2. The largest absolute Gasteiger partial charge is 0.389 e. The van der Waals surface area contributed by atoms with E-state index in [0.29, 0.717) is 10.6 Å². The number of nitrogens with zero attached hydrogens (tertiary/aromatic N) is 1. The molecule has 0 saturated heterocycles. The zero-order valence-corrected chi connectivity index (χ0v) is 8.15. The van der Waals surface area contributed by atoms with Crippen molar-refractivity contribution in [3.8, 4) is 6.07 Å². The van der Waals surface area contributed by atoms with Crippen LogP contribution >= 0.6 is 11.6 Å². The highest BCUT2D eigenvalue weighted by atomic mass is 35.5. The highest BCUT2D eigenvalue weighted by molar-refractivity contribution is 6.30. The summed E-state index contributed by atoms with van der Waals surface area (Å²) in [5.74, 6) is 0. The Morgan fingerprint density at radius 2 is 2.14 bits per heavy atom. The minimum Gasteiger partial charge on any atom is -0.389 e. The van der Waals surface area contributed by atoms with E-state index < -0.39 is 12.2 Å². The van der Waals surface area contributed by atoms with Crippen LogP contribution < -0.4 is 0 Å². The average molecular weight is 212 g/mol. The van der Waals surface area contributed by atoms with Gasteiger partial charge in [0.1, 0.15) is 6.10 Å². The van der Waals surface area contributed by atoms with Crippen molar-refractivity contribution in [3.05, 3.63) is 34.9 Å². The quantitative estimate of drug-likeness (QED) is 0.799. The first-order valence-electron chi connectivity index (χ1n) is 4.13. The van der Waals surface area contributed by atoms with Gasteiger partial charge in [0.25, 0.3) is 0 Å². The third-order valence-corrected chi connectivity index (χ3v) is 2.09. The van der Waals surface area contributed by atoms with Crippen molar-refractivity contribution >= 4 is 11.6 Å². The van der Waals surface area contributed by atoms with E-state index in [0.717, 1.165) is 0 Å². The number of halogens is 1. The van der Waals surface area contributed by atoms with Gasteiger partial charge >= 0.3 is 0 Å². The number of hydrogen-bond acceptors (Lipinski definition) is 3. The van der Waals surface area contributed by atoms with Crippen molar-refractivity contribution in [1.82, 2.24) is 0 Å². The van der Waals surface area contributed by atoms with E-state index in [1.807, 2.05) is 0 Å². The molecule has 0 bridgehead atoms. The van der Waals surface area contributed by atoms with Gasteiger partial charge in [0.05, 0.1) is 18.6 Å². The molecule has 0 aliphatic carbocycles. The van der Waals surface area contributed by atoms with Gasteiger partial charge in [-0.2, -0.15) is 5.26 Å². The van der Waals surface area contributed by atoms with E-state index in [9.17, 15) is 10.2 Å². The standard InChI is InChI=1S/C10H10ClNO2/c11-8-3-1-2-7(6-8)10(14)9(13)4-5-12/h1-3,6,9-10,13-14H,4H2. The van der Waals surface area contributed by atoms with Crippen molar-refractivity contribution in [2.45, 2.75) is 18.6 Å². The molecule has 14 heavy (non-hydrogen) atoms. The Morgan fingerprint density at radius 1 is 1.43 bits per heavy atom. The lowest BCUT2D eigenvalue weighted by Gasteiger charge is -2.15. The second-order valence-electron chi connectivity index (χ2n) is 2.93. The Kier molecular flexibility index (Phi) is 3.90. The predicted octanol–water partition coefficient (Wildman–Crippen LogP) is 1.65. The summed E-state index contributed by atoms with van der Waals surface area (Å²) in [6, 6.07) is 8.36. The first-order chi connectivity index (χ1) is 6.65. The normalized spacial score (nSPS) is 14.4. The molecule has 0 amide bonds. The van der Waals surface area contributed by atoms with Crippen molar-refractivity contribution < 1.29 is 10.2 Å². The lowest BCUT2D eigenvalue weighted by atomic mass is 10.0. The number of benzene rings is 1. The molecule has 1 aromatic carbocycles. The van der Waals surface area contributed by atoms with E-state index >= 15 is 0 Å². The summed E-state index contributed by atoms with van der Waals surface area (Å²) < 4.78 is 0. The summed E-state index contributed by atoms with van der Waals surface area (Å²) in [5.41, 5.74) is 0.514. The topological polar surface area (TPSA) is 64.2 Å². The maximum atomic E-state index is 9.58. The molecule has 3 nitrogen and oxygen atoms in total. The summed E-state index contributed by atoms with van der Waals surface area (Å²) in [5, 5.41) is 27.8. The Balaban J connectivity index is 2.79. The molecule has 2 atom stereocenters. The Labute approximate surface area is 87.2 Å². The van der Waals surface area contributed by atoms with Crippen molar-refractivity contribution in [2.24, 2.45) is 0 Å². The molecule has 0 heterocycles. The zero-order chi connectivity index (χ0) is 10.6. The Morgan fingerprint density at radius 3 is 2.71 bits per heavy atom. The highest BCUT2D eigenvalue weighted by Crippen LogP contribution is 2.21. The SMILES string of the molecule is N#CCC(O)C(O)c1cccc(Cl)c1. The minimum absolute atomic E-state index is 0.103. The van der Waals surface area contributed by atoms with Gasteiger partial charge in [-0.1, -0.05) is 23.7 Å². The average Bonchev–Trinajstić information content (AvgIpc) is 2.17. The molecule has 1 rings (SSSR count). The van der Waals surface area contributed by atoms with Gasteiger partial charge in [-0.25, -0.2) is 0 Å². The molecular formula is C10H10ClNO2. The van der Waals surface area contributed by atoms with Crippen LogP contribution in [0.25, 0.3) is 0 Å². The first-order valence-corrected chi connectivity index (χ1v) is 4.51. The monoisotopic (exact) mass is 211 g/mol. The highest BCUT2D eigenvalue weighted by Gasteiger charge is 2.17. The molecule has 0 aliphatic heterocycles. The van der Waals surface area contributed by atoms with Crippen LogP contribution in [0.1, 0.15) is 18.1 Å². The molecule has 0 spiro atoms. The van der Waals surface area contributed by atoms with E-state index in [4.69, 9.17) is 16.9 Å². The smallest absolute Gasteiger partial charge is 0.106 e. The number of aliphatic hydroxyl groups excluding tert-OH is 2. The van der Waals surface area contributed by atoms with Crippen molar-refractivity contribution in [1.29, 1.82) is 5.26 Å². The van der Waals surface area contributed by atoms with Crippen LogP contribution in [0.3, 0.4) is 0 Å². The van der Waals surface area contributed by atoms with Crippen LogP contribution in [0.5, 0.6) is 0 Å². The second-order valence-corrected chi connectivity index (χ2v) is 3.37. The number of rotatable bonds is 3. The minimum atomic E-state index is -1.07. The van der Waals surface area contributed by atoms with Crippen LogP contribution in [0.2, 0.25) is 5.02 Å². The van der Waals surface area contributed by atoms with Gasteiger partial charge < -0.3 is 10.2 Å². The molecule has 74 valence electrons. The molecular weight excluding hydrogens is 202 g/mol. The van der Waals surface area contributed by atoms with Crippen molar-refractivity contribution in [2.75, 3.05) is 0 Å². The molecule has 0 aromatic heterocycles. The first kappa shape index (κ1) is 11.0. The van der Waals surface area contributed by atoms with Gasteiger partial charge in [-0.05, 0) is 17.7 Å². The maximum absolute atomic E-state index is 9.58. The lowest BCUT2D eigenvalue weighted by molar-refractivity contribution is 0.0216. The van der Waals surface area contributed by atoms with Crippen LogP contribution in [-0.4, -0.2) is 16.3 Å². The van der Waals surface area contributed by atoms with Crippen LogP contribution in [0.15, 0.2) is 24.3 Å². The van der Waals surface area contributed by atoms with Gasteiger partial charge in [0.15, 0.2) is 0 Å². The Hall–Kier alpha value is -1.08. The molecule has 0 aliphatic rings. The van der Waals surface area contributed by atoms with Gasteiger partial charge in [-0.3, -0.25) is 0 Å². The Bertz CT molecular complexity index is 348. The molecule has 0 radical (unpaired) electrons. The van der Waals surface area contributed by atoms with Crippen molar-refractivity contribution in [3.63, 3.8) is 0 Å². The van der Waals surface area contributed by atoms with Gasteiger partial charge in [-0.15, -0.1) is 0 Å². The summed E-state index contributed by atoms with van der Waals surface area (Å²) in [4.78, 5) is 0. The third-order valence-electron chi connectivity index (χ3n) is 1.86. The maximum Gasteiger partial charge on any atom is 0.106 e. The summed E-state index contributed by atoms with van der Waals surface area (Å²) in [6.07, 6.45) is -2.24. The summed E-state index contributed by atoms with van der Waals surface area (Å²) in [7, 11) is 0. The molecule has 0 saturated carbocycles.